The van der Waals surface area contributed by atoms with Crippen LogP contribution in [-0.4, -0.2) is 102 Å². The predicted molar refractivity (Wildman–Crippen MR) is 89.1 cm³/mol. The highest BCUT2D eigenvalue weighted by Crippen LogP contribution is 2.80. The Morgan fingerprint density at radius 2 is 0.850 bits per heavy atom. The van der Waals surface area contributed by atoms with Crippen molar-refractivity contribution in [3.05, 3.63) is 5.21 Å². The van der Waals surface area contributed by atoms with E-state index >= 15 is 13.2 Å². The third kappa shape index (κ3) is 3.08. The fourth-order valence-electron chi connectivity index (χ4n) is 4.25. The van der Waals surface area contributed by atoms with Crippen LogP contribution in [-0.2, 0) is 4.79 Å². The average Bonchev–Trinajstić information content (AvgIpc) is 2.82. The van der Waals surface area contributed by atoms with Gasteiger partial charge in [-0.2, -0.15) is 70.2 Å². The molecule has 0 saturated heterocycles. The molecule has 2 unspecified atom stereocenters. The highest BCUT2D eigenvalue weighted by Gasteiger charge is 3.14. The van der Waals surface area contributed by atoms with E-state index in [0.717, 1.165) is 14.1 Å². The number of amides is 1. The number of halogens is 19. The Hall–Kier alpha value is -1.94. The lowest BCUT2D eigenvalue weighted by atomic mass is 9.60. The number of nitrogens with one attached hydrogen (secondary N) is 1. The van der Waals surface area contributed by atoms with Gasteiger partial charge in [-0.1, -0.05) is 0 Å². The maximum atomic E-state index is 15.6. The molecule has 0 bridgehead atoms. The molecule has 1 amide bonds. The van der Waals surface area contributed by atoms with E-state index < -0.39 is 94.5 Å². The Labute approximate surface area is 208 Å². The first-order chi connectivity index (χ1) is 17.1. The molecule has 2 fully saturated rings. The summed E-state index contributed by atoms with van der Waals surface area (Å²) in [6, 6.07) is 0. The summed E-state index contributed by atoms with van der Waals surface area (Å²) in [5, 5.41) is 11.8. The number of quaternary nitrogens is 1. The Bertz CT molecular complexity index is 1020. The van der Waals surface area contributed by atoms with Crippen LogP contribution in [0.25, 0.3) is 0 Å². The smallest absolute Gasteiger partial charge is 0.384 e. The number of hydrogen-bond donors (Lipinski definition) is 1. The average molecular weight is 638 g/mol. The minimum Gasteiger partial charge on any atom is -0.633 e. The molecule has 0 aromatic rings. The molecule has 1 N–H and O–H groups in total. The summed E-state index contributed by atoms with van der Waals surface area (Å²) in [5.41, 5.74) is -26.0. The van der Waals surface area contributed by atoms with Gasteiger partial charge in [0.1, 0.15) is 0 Å². The van der Waals surface area contributed by atoms with Crippen molar-refractivity contribution in [2.24, 2.45) is 0 Å². The van der Waals surface area contributed by atoms with Gasteiger partial charge in [0.15, 0.2) is 0 Å². The van der Waals surface area contributed by atoms with Crippen molar-refractivity contribution in [1.29, 1.82) is 0 Å². The first kappa shape index (κ1) is 34.3. The van der Waals surface area contributed by atoms with Crippen molar-refractivity contribution in [2.75, 3.05) is 27.2 Å². The van der Waals surface area contributed by atoms with Gasteiger partial charge in [-0.05, 0) is 0 Å². The van der Waals surface area contributed by atoms with Crippen LogP contribution in [0.3, 0.4) is 0 Å². The quantitative estimate of drug-likeness (QED) is 0.186. The van der Waals surface area contributed by atoms with E-state index in [4.69, 9.17) is 0 Å². The molecule has 2 aliphatic carbocycles. The number of nitrogens with zero attached hydrogens (tertiary/aromatic N) is 1. The van der Waals surface area contributed by atoms with Crippen LogP contribution >= 0.6 is 0 Å². The zero-order chi connectivity index (χ0) is 32.4. The molecule has 23 heteroatoms. The summed E-state index contributed by atoms with van der Waals surface area (Å²) in [4.78, 5) is 12.0. The number of hydroxylamine groups is 3. The van der Waals surface area contributed by atoms with Gasteiger partial charge in [0.2, 0.25) is 0 Å². The fraction of sp³-hybridized carbons (Fsp3) is 0.941. The Morgan fingerprint density at radius 3 is 1.20 bits per heavy atom. The van der Waals surface area contributed by atoms with Crippen LogP contribution < -0.4 is 5.32 Å². The molecule has 2 atom stereocenters. The van der Waals surface area contributed by atoms with E-state index in [9.17, 15) is 80.2 Å². The summed E-state index contributed by atoms with van der Waals surface area (Å²) < 4.78 is 270. The first-order valence-corrected chi connectivity index (χ1v) is 10.0. The van der Waals surface area contributed by atoms with E-state index in [2.05, 4.69) is 0 Å². The van der Waals surface area contributed by atoms with E-state index in [1.807, 2.05) is 0 Å². The fourth-order valence-corrected chi connectivity index (χ4v) is 4.25. The van der Waals surface area contributed by atoms with Crippen molar-refractivity contribution in [2.45, 2.75) is 70.8 Å². The van der Waals surface area contributed by atoms with Gasteiger partial charge in [0, 0.05) is 13.0 Å². The number of rotatable bonds is 6. The molecule has 0 radical (unpaired) electrons. The lowest BCUT2D eigenvalue weighted by molar-refractivity contribution is -0.840. The molecule has 2 aliphatic rings. The zero-order valence-electron chi connectivity index (χ0n) is 19.1. The lowest BCUT2D eigenvalue weighted by Gasteiger charge is -2.57. The summed E-state index contributed by atoms with van der Waals surface area (Å²) >= 11 is 0. The van der Waals surface area contributed by atoms with Crippen LogP contribution in [0.15, 0.2) is 0 Å². The third-order valence-corrected chi connectivity index (χ3v) is 6.52. The van der Waals surface area contributed by atoms with Gasteiger partial charge in [-0.25, -0.2) is 13.2 Å². The van der Waals surface area contributed by atoms with E-state index in [0.29, 0.717) is 5.32 Å². The highest BCUT2D eigenvalue weighted by molar-refractivity contribution is 5.90. The van der Waals surface area contributed by atoms with Crippen molar-refractivity contribution < 1.29 is 92.9 Å². The molecule has 0 aromatic carbocycles. The Morgan fingerprint density at radius 1 is 0.550 bits per heavy atom. The maximum Gasteiger partial charge on any atom is 0.384 e. The van der Waals surface area contributed by atoms with Gasteiger partial charge >= 0.3 is 53.0 Å². The SMILES string of the molecule is C[N+](C)([O-])CCCNC(=O)C1(F)C(F)(F)C(F)(F)C(F)(F)C1(F)C1(F)C(F)(F)C(F)(F)C(F)(F)C(F)(F)C1(F)F. The number of alkyl halides is 19. The van der Waals surface area contributed by atoms with E-state index in [1.54, 1.807) is 0 Å². The molecule has 0 aliphatic heterocycles. The van der Waals surface area contributed by atoms with Crippen LogP contribution in [0.2, 0.25) is 0 Å². The van der Waals surface area contributed by atoms with Crippen molar-refractivity contribution in [1.82, 2.24) is 5.32 Å². The number of carbonyl (C=O) groups excluding carboxylic acids is 1. The molecule has 0 aromatic heterocycles. The van der Waals surface area contributed by atoms with Crippen LogP contribution in [0.5, 0.6) is 0 Å². The maximum absolute atomic E-state index is 15.6. The normalized spacial score (nSPS) is 35.6. The Balaban J connectivity index is 3.05. The molecule has 0 heterocycles. The number of carbonyl (C=O) groups is 1. The van der Waals surface area contributed by atoms with Crippen molar-refractivity contribution >= 4 is 5.91 Å². The lowest BCUT2D eigenvalue weighted by Crippen LogP contribution is -2.92. The van der Waals surface area contributed by atoms with Crippen LogP contribution in [0.4, 0.5) is 83.4 Å². The molecule has 2 saturated carbocycles. The van der Waals surface area contributed by atoms with Crippen molar-refractivity contribution in [3.8, 4) is 0 Å². The van der Waals surface area contributed by atoms with Crippen LogP contribution in [0, 0.1) is 5.21 Å². The summed E-state index contributed by atoms with van der Waals surface area (Å²) in [5.74, 6) is -72.0. The second kappa shape index (κ2) is 8.12. The topological polar surface area (TPSA) is 52.2 Å². The predicted octanol–water partition coefficient (Wildman–Crippen LogP) is 5.30. The number of hydrogen-bond acceptors (Lipinski definition) is 2. The molecule has 0 spiro atoms. The third-order valence-electron chi connectivity index (χ3n) is 6.52. The Kier molecular flexibility index (Phi) is 6.95. The van der Waals surface area contributed by atoms with Gasteiger partial charge in [0.05, 0.1) is 20.6 Å². The van der Waals surface area contributed by atoms with E-state index in [-0.39, 0.29) is 0 Å². The van der Waals surface area contributed by atoms with Gasteiger partial charge in [-0.3, -0.25) is 4.79 Å². The van der Waals surface area contributed by atoms with Gasteiger partial charge in [-0.15, -0.1) is 0 Å². The van der Waals surface area contributed by atoms with Gasteiger partial charge in [0.25, 0.3) is 17.2 Å². The second-order valence-electron chi connectivity index (χ2n) is 9.48. The zero-order valence-corrected chi connectivity index (χ0v) is 19.1. The van der Waals surface area contributed by atoms with Gasteiger partial charge < -0.3 is 15.2 Å². The van der Waals surface area contributed by atoms with E-state index in [1.165, 1.54) is 0 Å². The summed E-state index contributed by atoms with van der Waals surface area (Å²) in [7, 11) is 1.60. The standard InChI is InChI=1S/C17H13F19N2O2/c1-38(2,40)5-3-4-37-6(39)7(18)8(19,11(23,24)14(29,30)10(7,21)22)9(20)12(25,26)15(31,32)17(35,36)16(33,34)13(9,27)28/h3-5H2,1-2H3,(H,37,39). The first-order valence-electron chi connectivity index (χ1n) is 10.0. The molecular formula is C17H13F19N2O2. The minimum absolute atomic E-state index is 0.464. The molecule has 40 heavy (non-hydrogen) atoms. The highest BCUT2D eigenvalue weighted by atomic mass is 19.4. The summed E-state index contributed by atoms with van der Waals surface area (Å²) in [6.45, 7) is -2.42. The largest absolute Gasteiger partial charge is 0.633 e. The molecule has 236 valence electrons. The van der Waals surface area contributed by atoms with Crippen LogP contribution in [0.1, 0.15) is 6.42 Å². The summed E-state index contributed by atoms with van der Waals surface area (Å²) in [6.07, 6.45) is -0.967. The monoisotopic (exact) mass is 638 g/mol. The molecule has 4 nitrogen and oxygen atoms in total. The van der Waals surface area contributed by atoms with Crippen molar-refractivity contribution in [3.63, 3.8) is 0 Å². The molecule has 2 rings (SSSR count). The molecular weight excluding hydrogens is 625 g/mol. The minimum atomic E-state index is -9.16. The second-order valence-corrected chi connectivity index (χ2v) is 9.48.